The minimum Gasteiger partial charge on any atom is -0.478 e. The van der Waals surface area contributed by atoms with E-state index >= 15 is 0 Å². The Kier molecular flexibility index (Phi) is 4.23. The normalized spacial score (nSPS) is 21.0. The van der Waals surface area contributed by atoms with Crippen LogP contribution in [0.1, 0.15) is 40.3 Å². The maximum atomic E-state index is 12.7. The summed E-state index contributed by atoms with van der Waals surface area (Å²) in [4.78, 5) is 48.1. The Hall–Kier alpha value is -3.64. The van der Waals surface area contributed by atoms with Crippen LogP contribution in [0.15, 0.2) is 24.4 Å². The van der Waals surface area contributed by atoms with Crippen molar-refractivity contribution in [3.05, 3.63) is 46.1 Å². The molecule has 2 aliphatic rings. The number of hydrogen-bond donors (Lipinski definition) is 1. The van der Waals surface area contributed by atoms with Crippen molar-refractivity contribution < 1.29 is 19.5 Å². The summed E-state index contributed by atoms with van der Waals surface area (Å²) < 4.78 is 0.691. The zero-order chi connectivity index (χ0) is 22.9. The van der Waals surface area contributed by atoms with Crippen LogP contribution in [-0.2, 0) is 16.1 Å². The summed E-state index contributed by atoms with van der Waals surface area (Å²) in [6.45, 7) is 5.67. The highest BCUT2D eigenvalue weighted by molar-refractivity contribution is 7.19. The monoisotopic (exact) mass is 446 g/mol. The molecule has 1 N–H and O–H groups in total. The number of fused-ring (bicyclic) bond motifs is 2. The number of nitrogens with zero attached hydrogens (tertiary/aromatic N) is 4. The molecule has 3 aromatic rings. The van der Waals surface area contributed by atoms with Gasteiger partial charge in [0.1, 0.15) is 11.8 Å². The van der Waals surface area contributed by atoms with E-state index in [4.69, 9.17) is 0 Å². The average Bonchev–Trinajstić information content (AvgIpc) is 2.99. The fourth-order valence-electron chi connectivity index (χ4n) is 4.76. The highest BCUT2D eigenvalue weighted by atomic mass is 32.1. The quantitative estimate of drug-likeness (QED) is 0.609. The SMILES string of the molecule is Cc1cc(C#N)nc(-c2ccnc3cc(CN4C(=O)C5C(C4=O)C5(C)C)sc23)c1C(=O)O. The van der Waals surface area contributed by atoms with Gasteiger partial charge in [0, 0.05) is 16.6 Å². The smallest absolute Gasteiger partial charge is 0.338 e. The third kappa shape index (κ3) is 2.76. The number of piperidine rings is 1. The van der Waals surface area contributed by atoms with Crippen LogP contribution in [0.2, 0.25) is 0 Å². The van der Waals surface area contributed by atoms with Gasteiger partial charge in [0.05, 0.1) is 39.9 Å². The Morgan fingerprint density at radius 2 is 1.97 bits per heavy atom. The van der Waals surface area contributed by atoms with Gasteiger partial charge in [-0.25, -0.2) is 9.78 Å². The van der Waals surface area contributed by atoms with Crippen LogP contribution < -0.4 is 0 Å². The number of aromatic carboxylic acids is 1. The maximum absolute atomic E-state index is 12.7. The van der Waals surface area contributed by atoms with Gasteiger partial charge in [-0.05, 0) is 36.1 Å². The number of carbonyl (C=O) groups excluding carboxylic acids is 2. The van der Waals surface area contributed by atoms with Crippen LogP contribution in [0.3, 0.4) is 0 Å². The fourth-order valence-corrected chi connectivity index (χ4v) is 5.88. The minimum atomic E-state index is -1.13. The topological polar surface area (TPSA) is 124 Å². The van der Waals surface area contributed by atoms with E-state index in [9.17, 15) is 24.8 Å². The molecule has 0 bridgehead atoms. The largest absolute Gasteiger partial charge is 0.478 e. The van der Waals surface area contributed by atoms with Gasteiger partial charge in [-0.3, -0.25) is 19.5 Å². The number of aromatic nitrogens is 2. The van der Waals surface area contributed by atoms with Crippen LogP contribution in [0.25, 0.3) is 21.5 Å². The molecule has 9 heteroatoms. The lowest BCUT2D eigenvalue weighted by atomic mass is 10.0. The summed E-state index contributed by atoms with van der Waals surface area (Å²) in [5.41, 5.74) is 1.69. The van der Waals surface area contributed by atoms with E-state index in [0.717, 1.165) is 4.88 Å². The highest BCUT2D eigenvalue weighted by Crippen LogP contribution is 2.63. The zero-order valence-corrected chi connectivity index (χ0v) is 18.4. The lowest BCUT2D eigenvalue weighted by Crippen LogP contribution is -2.35. The number of nitriles is 1. The number of carboxylic acids is 1. The first-order valence-electron chi connectivity index (χ1n) is 10.0. The van der Waals surface area contributed by atoms with Crippen LogP contribution in [0, 0.1) is 35.5 Å². The number of likely N-dealkylation sites (tertiary alicyclic amines) is 1. The van der Waals surface area contributed by atoms with Crippen molar-refractivity contribution in [2.45, 2.75) is 27.3 Å². The van der Waals surface area contributed by atoms with Crippen molar-refractivity contribution in [2.75, 3.05) is 0 Å². The number of amides is 2. The van der Waals surface area contributed by atoms with Gasteiger partial charge in [0.25, 0.3) is 0 Å². The van der Waals surface area contributed by atoms with Gasteiger partial charge in [-0.1, -0.05) is 13.8 Å². The summed E-state index contributed by atoms with van der Waals surface area (Å²) >= 11 is 1.34. The molecular formula is C23H18N4O4S. The van der Waals surface area contributed by atoms with Crippen molar-refractivity contribution in [3.63, 3.8) is 0 Å². The standard InChI is InChI=1S/C23H18N4O4S/c1-10-6-11(8-24)26-18(15(10)22(30)31)13-4-5-25-14-7-12(32-19(13)14)9-27-20(28)16-17(21(27)29)23(16,2)3/h4-7,16-17H,9H2,1-3H3,(H,30,31). The number of rotatable bonds is 4. The molecule has 0 spiro atoms. The highest BCUT2D eigenvalue weighted by Gasteiger charge is 2.72. The van der Waals surface area contributed by atoms with Crippen LogP contribution >= 0.6 is 11.3 Å². The maximum Gasteiger partial charge on any atom is 0.338 e. The molecule has 2 amide bonds. The molecule has 32 heavy (non-hydrogen) atoms. The third-order valence-electron chi connectivity index (χ3n) is 6.47. The van der Waals surface area contributed by atoms with E-state index < -0.39 is 5.97 Å². The Balaban J connectivity index is 1.57. The summed E-state index contributed by atoms with van der Waals surface area (Å²) in [5.74, 6) is -1.88. The summed E-state index contributed by atoms with van der Waals surface area (Å²) in [7, 11) is 0. The summed E-state index contributed by atoms with van der Waals surface area (Å²) in [5, 5.41) is 19.1. The predicted molar refractivity (Wildman–Crippen MR) is 116 cm³/mol. The third-order valence-corrected chi connectivity index (χ3v) is 7.61. The molecule has 2 atom stereocenters. The van der Waals surface area contributed by atoms with Gasteiger partial charge in [0.2, 0.25) is 11.8 Å². The molecule has 0 radical (unpaired) electrons. The van der Waals surface area contributed by atoms with Crippen LogP contribution in [-0.4, -0.2) is 37.8 Å². The minimum absolute atomic E-state index is 0.0265. The number of pyridine rings is 2. The molecule has 8 nitrogen and oxygen atoms in total. The molecule has 1 aliphatic carbocycles. The first-order chi connectivity index (χ1) is 15.1. The average molecular weight is 446 g/mol. The van der Waals surface area contributed by atoms with Crippen molar-refractivity contribution in [1.82, 2.24) is 14.9 Å². The molecular weight excluding hydrogens is 428 g/mol. The number of imide groups is 1. The van der Waals surface area contributed by atoms with Gasteiger partial charge >= 0.3 is 5.97 Å². The second-order valence-electron chi connectivity index (χ2n) is 8.79. The van der Waals surface area contributed by atoms with Gasteiger partial charge in [-0.2, -0.15) is 5.26 Å². The molecule has 0 aromatic carbocycles. The second kappa shape index (κ2) is 6.68. The Morgan fingerprint density at radius 1 is 1.28 bits per heavy atom. The molecule has 2 fully saturated rings. The Morgan fingerprint density at radius 3 is 2.59 bits per heavy atom. The number of thiophene rings is 1. The van der Waals surface area contributed by atoms with E-state index in [0.29, 0.717) is 21.3 Å². The first kappa shape index (κ1) is 20.3. The van der Waals surface area contributed by atoms with E-state index in [1.54, 1.807) is 25.3 Å². The van der Waals surface area contributed by atoms with Crippen molar-refractivity contribution in [2.24, 2.45) is 17.3 Å². The molecule has 4 heterocycles. The molecule has 1 saturated carbocycles. The predicted octanol–water partition coefficient (Wildman–Crippen LogP) is 3.38. The summed E-state index contributed by atoms with van der Waals surface area (Å²) in [6, 6.07) is 6.89. The van der Waals surface area contributed by atoms with E-state index in [-0.39, 0.29) is 52.6 Å². The van der Waals surface area contributed by atoms with Crippen LogP contribution in [0.4, 0.5) is 0 Å². The van der Waals surface area contributed by atoms with E-state index in [1.807, 2.05) is 19.9 Å². The first-order valence-corrected chi connectivity index (χ1v) is 10.8. The van der Waals surface area contributed by atoms with Gasteiger partial charge in [0.15, 0.2) is 0 Å². The zero-order valence-electron chi connectivity index (χ0n) is 17.5. The van der Waals surface area contributed by atoms with Gasteiger partial charge in [-0.15, -0.1) is 11.3 Å². The van der Waals surface area contributed by atoms with Crippen molar-refractivity contribution in [3.8, 4) is 17.3 Å². The molecule has 1 aliphatic heterocycles. The lowest BCUT2D eigenvalue weighted by Gasteiger charge is -2.19. The van der Waals surface area contributed by atoms with E-state index in [2.05, 4.69) is 9.97 Å². The molecule has 5 rings (SSSR count). The molecule has 3 aromatic heterocycles. The number of carboxylic acid groups (broad SMARTS) is 1. The van der Waals surface area contributed by atoms with Crippen molar-refractivity contribution >= 4 is 39.3 Å². The number of carbonyl (C=O) groups is 3. The molecule has 1 saturated heterocycles. The lowest BCUT2D eigenvalue weighted by molar-refractivity contribution is -0.143. The Bertz CT molecular complexity index is 1380. The number of aryl methyl sites for hydroxylation is 1. The summed E-state index contributed by atoms with van der Waals surface area (Å²) in [6.07, 6.45) is 1.56. The van der Waals surface area contributed by atoms with Gasteiger partial charge < -0.3 is 5.11 Å². The fraction of sp³-hybridized carbons (Fsp3) is 0.304. The molecule has 2 unspecified atom stereocenters. The van der Waals surface area contributed by atoms with Crippen LogP contribution in [0.5, 0.6) is 0 Å². The Labute approximate surface area is 187 Å². The second-order valence-corrected chi connectivity index (χ2v) is 9.93. The molecule has 160 valence electrons. The number of hydrogen-bond acceptors (Lipinski definition) is 7. The van der Waals surface area contributed by atoms with E-state index in [1.165, 1.54) is 22.3 Å². The van der Waals surface area contributed by atoms with Crippen molar-refractivity contribution in [1.29, 1.82) is 5.26 Å².